The maximum absolute atomic E-state index is 12.4. The Morgan fingerprint density at radius 2 is 1.17 bits per heavy atom. The van der Waals surface area contributed by atoms with Crippen LogP contribution in [0.4, 0.5) is 31.1 Å². The molecule has 4 rings (SSSR count). The van der Waals surface area contributed by atoms with E-state index >= 15 is 0 Å². The zero-order chi connectivity index (χ0) is 30.4. The van der Waals surface area contributed by atoms with Gasteiger partial charge < -0.3 is 24.6 Å². The second-order valence-corrected chi connectivity index (χ2v) is 9.27. The summed E-state index contributed by atoms with van der Waals surface area (Å²) in [5.41, 5.74) is 7.17. The van der Waals surface area contributed by atoms with E-state index < -0.39 is 35.8 Å². The summed E-state index contributed by atoms with van der Waals surface area (Å²) in [6.07, 6.45) is -9.86. The van der Waals surface area contributed by atoms with Crippen LogP contribution in [0.25, 0.3) is 22.9 Å². The van der Waals surface area contributed by atoms with Crippen molar-refractivity contribution in [1.82, 2.24) is 25.7 Å². The number of alkyl halides is 6. The highest BCUT2D eigenvalue weighted by atomic mass is 35.5. The van der Waals surface area contributed by atoms with E-state index in [4.69, 9.17) is 10.5 Å². The molecule has 0 spiro atoms. The molecule has 17 heteroatoms. The number of nitrogens with one attached hydrogen (secondary N) is 1. The number of nitrogens with zero attached hydrogens (tertiary/aromatic N) is 4. The Morgan fingerprint density at radius 3 is 1.50 bits per heavy atom. The molecule has 2 heterocycles. The topological polar surface area (TPSA) is 142 Å². The van der Waals surface area contributed by atoms with Crippen LogP contribution < -0.4 is 11.1 Å². The van der Waals surface area contributed by atoms with Crippen molar-refractivity contribution in [3.63, 3.8) is 0 Å². The summed E-state index contributed by atoms with van der Waals surface area (Å²) in [5.74, 6) is -3.14. The largest absolute Gasteiger partial charge is 0.470 e. The number of alkyl carbamates (subject to hydrolysis) is 1. The van der Waals surface area contributed by atoms with E-state index in [-0.39, 0.29) is 30.7 Å². The van der Waals surface area contributed by atoms with Gasteiger partial charge >= 0.3 is 30.2 Å². The van der Waals surface area contributed by atoms with Crippen LogP contribution in [-0.4, -0.2) is 32.1 Å². The zero-order valence-electron chi connectivity index (χ0n) is 22.2. The quantitative estimate of drug-likeness (QED) is 0.241. The highest BCUT2D eigenvalue weighted by molar-refractivity contribution is 5.85. The smallest absolute Gasteiger partial charge is 0.444 e. The van der Waals surface area contributed by atoms with Crippen LogP contribution in [0.2, 0.25) is 0 Å². The van der Waals surface area contributed by atoms with Crippen molar-refractivity contribution in [3.8, 4) is 22.9 Å². The fourth-order valence-corrected chi connectivity index (χ4v) is 2.95. The van der Waals surface area contributed by atoms with E-state index in [1.165, 1.54) is 12.1 Å². The third kappa shape index (κ3) is 10.0. The Balaban J connectivity index is 0.000000302. The van der Waals surface area contributed by atoms with Gasteiger partial charge in [0.2, 0.25) is 11.8 Å². The number of hydrogen-bond donors (Lipinski definition) is 2. The minimum Gasteiger partial charge on any atom is -0.444 e. The van der Waals surface area contributed by atoms with E-state index in [1.54, 1.807) is 57.2 Å². The molecular weight excluding hydrogens is 598 g/mol. The molecule has 42 heavy (non-hydrogen) atoms. The number of carbonyl (C=O) groups is 1. The summed E-state index contributed by atoms with van der Waals surface area (Å²) in [6.45, 7) is 5.83. The van der Waals surface area contributed by atoms with Crippen molar-refractivity contribution < 1.29 is 44.7 Å². The summed E-state index contributed by atoms with van der Waals surface area (Å²) >= 11 is 0. The molecule has 2 aromatic heterocycles. The molecule has 0 saturated carbocycles. The van der Waals surface area contributed by atoms with Crippen LogP contribution in [-0.2, 0) is 30.2 Å². The fourth-order valence-electron chi connectivity index (χ4n) is 2.95. The van der Waals surface area contributed by atoms with Crippen LogP contribution in [0.3, 0.4) is 0 Å². The molecule has 0 saturated heterocycles. The molecule has 0 aliphatic heterocycles. The number of hydrogen-bond acceptors (Lipinski definition) is 9. The van der Waals surface area contributed by atoms with Gasteiger partial charge in [0.15, 0.2) is 0 Å². The van der Waals surface area contributed by atoms with Crippen molar-refractivity contribution in [2.75, 3.05) is 0 Å². The second-order valence-electron chi connectivity index (χ2n) is 9.27. The van der Waals surface area contributed by atoms with Crippen LogP contribution >= 0.6 is 12.4 Å². The van der Waals surface area contributed by atoms with E-state index in [1.807, 2.05) is 0 Å². The van der Waals surface area contributed by atoms with Crippen molar-refractivity contribution in [2.24, 2.45) is 5.73 Å². The molecule has 0 aliphatic carbocycles. The summed E-state index contributed by atoms with van der Waals surface area (Å²) in [7, 11) is 0. The Bertz CT molecular complexity index is 1430. The lowest BCUT2D eigenvalue weighted by Gasteiger charge is -2.19. The van der Waals surface area contributed by atoms with Gasteiger partial charge in [-0.2, -0.15) is 26.3 Å². The summed E-state index contributed by atoms with van der Waals surface area (Å²) in [5, 5.41) is 15.2. The Hall–Kier alpha value is -4.18. The van der Waals surface area contributed by atoms with Gasteiger partial charge in [0, 0.05) is 24.2 Å². The maximum atomic E-state index is 12.4. The number of carbonyl (C=O) groups excluding carboxylic acids is 1. The normalized spacial score (nSPS) is 11.7. The Kier molecular flexibility index (Phi) is 11.1. The number of amides is 1. The third-order valence-corrected chi connectivity index (χ3v) is 4.81. The highest BCUT2D eigenvalue weighted by Crippen LogP contribution is 2.31. The second kappa shape index (κ2) is 13.7. The molecule has 0 radical (unpaired) electrons. The number of halogens is 7. The van der Waals surface area contributed by atoms with E-state index in [0.717, 1.165) is 11.1 Å². The number of aromatic nitrogens is 4. The van der Waals surface area contributed by atoms with E-state index in [0.29, 0.717) is 17.7 Å². The number of ether oxygens (including phenoxy) is 1. The van der Waals surface area contributed by atoms with Crippen LogP contribution in [0.5, 0.6) is 0 Å². The number of benzene rings is 2. The van der Waals surface area contributed by atoms with Crippen LogP contribution in [0.15, 0.2) is 57.4 Å². The minimum absolute atomic E-state index is 0. The summed E-state index contributed by atoms with van der Waals surface area (Å²) < 4.78 is 88.2. The summed E-state index contributed by atoms with van der Waals surface area (Å²) in [6, 6.07) is 12.8. The Morgan fingerprint density at radius 1 is 0.762 bits per heavy atom. The predicted molar refractivity (Wildman–Crippen MR) is 138 cm³/mol. The first-order valence-electron chi connectivity index (χ1n) is 11.7. The molecule has 1 amide bonds. The average Bonchev–Trinajstić information content (AvgIpc) is 3.58. The van der Waals surface area contributed by atoms with Crippen molar-refractivity contribution in [2.45, 2.75) is 51.8 Å². The molecule has 0 aliphatic rings. The van der Waals surface area contributed by atoms with Gasteiger partial charge in [-0.3, -0.25) is 0 Å². The average molecular weight is 623 g/mol. The lowest BCUT2D eigenvalue weighted by atomic mass is 10.1. The highest BCUT2D eigenvalue weighted by Gasteiger charge is 2.39. The lowest BCUT2D eigenvalue weighted by Crippen LogP contribution is -2.32. The standard InChI is InChI=1S/C15H16F3N3O3.C10H8F3N3O.ClH/c1-14(2,3)24-13(22)19-8-9-4-6-10(7-5-9)11-20-21-12(23-11)15(16,17)18;11-10(12,13)9-16-15-8(17-9)7-3-1-6(5-14)2-4-7;/h4-7H,8H2,1-3H3,(H,19,22);1-4H,5,14H2;1H. The van der Waals surface area contributed by atoms with Gasteiger partial charge in [-0.25, -0.2) is 4.79 Å². The first kappa shape index (κ1) is 34.0. The number of rotatable bonds is 5. The van der Waals surface area contributed by atoms with Gasteiger partial charge in [-0.15, -0.1) is 32.8 Å². The molecule has 228 valence electrons. The first-order chi connectivity index (χ1) is 19.0. The van der Waals surface area contributed by atoms with Gasteiger partial charge in [0.25, 0.3) is 0 Å². The van der Waals surface area contributed by atoms with E-state index in [9.17, 15) is 31.1 Å². The van der Waals surface area contributed by atoms with Gasteiger partial charge in [0.05, 0.1) is 0 Å². The third-order valence-electron chi connectivity index (χ3n) is 4.81. The molecule has 0 fully saturated rings. The van der Waals surface area contributed by atoms with Crippen molar-refractivity contribution >= 4 is 18.5 Å². The van der Waals surface area contributed by atoms with Crippen molar-refractivity contribution in [1.29, 1.82) is 0 Å². The molecule has 10 nitrogen and oxygen atoms in total. The maximum Gasteiger partial charge on any atom is 0.470 e. The molecule has 0 unspecified atom stereocenters. The molecule has 0 atom stereocenters. The van der Waals surface area contributed by atoms with E-state index in [2.05, 4.69) is 34.5 Å². The van der Waals surface area contributed by atoms with Gasteiger partial charge in [-0.05, 0) is 56.2 Å². The lowest BCUT2D eigenvalue weighted by molar-refractivity contribution is -0.157. The van der Waals surface area contributed by atoms with Gasteiger partial charge in [0.1, 0.15) is 5.60 Å². The molecular formula is C25H25ClF6N6O4. The monoisotopic (exact) mass is 622 g/mol. The molecule has 4 aromatic rings. The molecule has 2 aromatic carbocycles. The van der Waals surface area contributed by atoms with Gasteiger partial charge in [-0.1, -0.05) is 24.3 Å². The summed E-state index contributed by atoms with van der Waals surface area (Å²) in [4.78, 5) is 11.5. The number of nitrogens with two attached hydrogens (primary N) is 1. The fraction of sp³-hybridized carbons (Fsp3) is 0.320. The van der Waals surface area contributed by atoms with Crippen molar-refractivity contribution in [3.05, 3.63) is 71.4 Å². The molecule has 0 bridgehead atoms. The van der Waals surface area contributed by atoms with Crippen LogP contribution in [0.1, 0.15) is 43.7 Å². The molecule has 3 N–H and O–H groups in total. The SMILES string of the molecule is CC(C)(C)OC(=O)NCc1ccc(-c2nnc(C(F)(F)F)o2)cc1.Cl.NCc1ccc(-c2nnc(C(F)(F)F)o2)cc1. The predicted octanol–water partition coefficient (Wildman–Crippen LogP) is 6.42. The Labute approximate surface area is 241 Å². The minimum atomic E-state index is -4.68. The van der Waals surface area contributed by atoms with Crippen LogP contribution in [0, 0.1) is 0 Å². The zero-order valence-corrected chi connectivity index (χ0v) is 23.0. The first-order valence-corrected chi connectivity index (χ1v) is 11.7.